The summed E-state index contributed by atoms with van der Waals surface area (Å²) in [7, 11) is 0. The van der Waals surface area contributed by atoms with Gasteiger partial charge in [0, 0.05) is 16.6 Å². The first-order chi connectivity index (χ1) is 7.99. The summed E-state index contributed by atoms with van der Waals surface area (Å²) in [6.45, 7) is 9.07. The van der Waals surface area contributed by atoms with Crippen LogP contribution < -0.4 is 5.32 Å². The third-order valence-corrected chi connectivity index (χ3v) is 3.61. The number of halogens is 1. The van der Waals surface area contributed by atoms with Gasteiger partial charge in [-0.05, 0) is 50.3 Å². The lowest BCUT2D eigenvalue weighted by atomic mass is 10.0. The zero-order valence-electron chi connectivity index (χ0n) is 11.3. The summed E-state index contributed by atoms with van der Waals surface area (Å²) in [6.07, 6.45) is 2.54. The lowest BCUT2D eigenvalue weighted by molar-refractivity contribution is 0.417. The second-order valence-electron chi connectivity index (χ2n) is 5.31. The molecule has 0 saturated carbocycles. The number of hydrogen-bond donors (Lipinski definition) is 1. The van der Waals surface area contributed by atoms with Crippen LogP contribution in [0.5, 0.6) is 0 Å². The molecular weight excluding hydrogens is 274 g/mol. The summed E-state index contributed by atoms with van der Waals surface area (Å²) in [5.74, 6) is 0.794. The summed E-state index contributed by atoms with van der Waals surface area (Å²) >= 11 is 3.47. The molecule has 0 aliphatic heterocycles. The summed E-state index contributed by atoms with van der Waals surface area (Å²) in [6, 6.07) is 9.56. The molecule has 1 rings (SSSR count). The van der Waals surface area contributed by atoms with Gasteiger partial charge < -0.3 is 5.32 Å². The molecule has 1 aromatic rings. The van der Waals surface area contributed by atoms with Crippen LogP contribution in [0.3, 0.4) is 0 Å². The van der Waals surface area contributed by atoms with Gasteiger partial charge in [0.15, 0.2) is 0 Å². The number of rotatable bonds is 6. The summed E-state index contributed by atoms with van der Waals surface area (Å²) in [5.41, 5.74) is 1.35. The van der Waals surface area contributed by atoms with E-state index in [9.17, 15) is 0 Å². The van der Waals surface area contributed by atoms with Crippen molar-refractivity contribution < 1.29 is 0 Å². The van der Waals surface area contributed by atoms with Crippen molar-refractivity contribution in [3.63, 3.8) is 0 Å². The van der Waals surface area contributed by atoms with E-state index in [-0.39, 0.29) is 0 Å². The molecule has 2 atom stereocenters. The van der Waals surface area contributed by atoms with Crippen molar-refractivity contribution in [1.82, 2.24) is 5.32 Å². The molecule has 2 unspecified atom stereocenters. The highest BCUT2D eigenvalue weighted by molar-refractivity contribution is 9.10. The third kappa shape index (κ3) is 5.69. The summed E-state index contributed by atoms with van der Waals surface area (Å²) < 4.78 is 1.14. The first-order valence-corrected chi connectivity index (χ1v) is 7.30. The maximum atomic E-state index is 3.66. The maximum absolute atomic E-state index is 3.66. The Bertz CT molecular complexity index is 318. The molecule has 0 aliphatic carbocycles. The van der Waals surface area contributed by atoms with Crippen molar-refractivity contribution in [2.75, 3.05) is 0 Å². The van der Waals surface area contributed by atoms with E-state index in [1.54, 1.807) is 0 Å². The fourth-order valence-corrected chi connectivity index (χ4v) is 2.21. The van der Waals surface area contributed by atoms with Gasteiger partial charge in [-0.25, -0.2) is 0 Å². The number of benzene rings is 1. The SMILES string of the molecule is CC(C)CCC(C)NC(C)c1ccc(Br)cc1. The van der Waals surface area contributed by atoms with Gasteiger partial charge in [-0.1, -0.05) is 41.9 Å². The Morgan fingerprint density at radius 3 is 2.12 bits per heavy atom. The molecule has 0 saturated heterocycles. The fourth-order valence-electron chi connectivity index (χ4n) is 1.94. The molecule has 0 amide bonds. The summed E-state index contributed by atoms with van der Waals surface area (Å²) in [4.78, 5) is 0. The van der Waals surface area contributed by atoms with Crippen molar-refractivity contribution in [3.05, 3.63) is 34.3 Å². The molecule has 1 nitrogen and oxygen atoms in total. The Labute approximate surface area is 114 Å². The standard InChI is InChI=1S/C15H24BrN/c1-11(2)5-6-12(3)17-13(4)14-7-9-15(16)10-8-14/h7-13,17H,5-6H2,1-4H3. The van der Waals surface area contributed by atoms with Gasteiger partial charge >= 0.3 is 0 Å². The zero-order chi connectivity index (χ0) is 12.8. The minimum absolute atomic E-state index is 0.422. The van der Waals surface area contributed by atoms with Gasteiger partial charge in [0.1, 0.15) is 0 Å². The predicted molar refractivity (Wildman–Crippen MR) is 79.2 cm³/mol. The van der Waals surface area contributed by atoms with Gasteiger partial charge in [0.25, 0.3) is 0 Å². The smallest absolute Gasteiger partial charge is 0.0294 e. The largest absolute Gasteiger partial charge is 0.308 e. The van der Waals surface area contributed by atoms with Gasteiger partial charge in [0.2, 0.25) is 0 Å². The Balaban J connectivity index is 2.42. The molecule has 17 heavy (non-hydrogen) atoms. The lowest BCUT2D eigenvalue weighted by Gasteiger charge is -2.21. The topological polar surface area (TPSA) is 12.0 Å². The van der Waals surface area contributed by atoms with Gasteiger partial charge in [0.05, 0.1) is 0 Å². The molecule has 0 radical (unpaired) electrons. The molecule has 0 heterocycles. The lowest BCUT2D eigenvalue weighted by Crippen LogP contribution is -2.29. The molecule has 0 spiro atoms. The Morgan fingerprint density at radius 2 is 1.59 bits per heavy atom. The Morgan fingerprint density at radius 1 is 1.00 bits per heavy atom. The summed E-state index contributed by atoms with van der Waals surface area (Å²) in [5, 5.41) is 3.66. The molecule has 96 valence electrons. The normalized spacial score (nSPS) is 14.9. The maximum Gasteiger partial charge on any atom is 0.0294 e. The van der Waals surface area contributed by atoms with Gasteiger partial charge in [-0.2, -0.15) is 0 Å². The molecule has 0 fully saturated rings. The molecule has 0 bridgehead atoms. The first kappa shape index (κ1) is 14.7. The van der Waals surface area contributed by atoms with Crippen molar-refractivity contribution >= 4 is 15.9 Å². The second-order valence-corrected chi connectivity index (χ2v) is 6.23. The predicted octanol–water partition coefficient (Wildman–Crippen LogP) is 4.92. The van der Waals surface area contributed by atoms with Gasteiger partial charge in [-0.3, -0.25) is 0 Å². The molecule has 0 aromatic heterocycles. The van der Waals surface area contributed by atoms with Crippen molar-refractivity contribution in [2.24, 2.45) is 5.92 Å². The molecule has 1 aromatic carbocycles. The van der Waals surface area contributed by atoms with E-state index in [1.165, 1.54) is 18.4 Å². The Kier molecular flexibility index (Phi) is 6.21. The quantitative estimate of drug-likeness (QED) is 0.785. The first-order valence-electron chi connectivity index (χ1n) is 6.50. The van der Waals surface area contributed by atoms with Gasteiger partial charge in [-0.15, -0.1) is 0 Å². The van der Waals surface area contributed by atoms with E-state index in [0.717, 1.165) is 10.4 Å². The van der Waals surface area contributed by atoms with Crippen LogP contribution in [-0.2, 0) is 0 Å². The van der Waals surface area contributed by atoms with E-state index in [0.29, 0.717) is 12.1 Å². The fraction of sp³-hybridized carbons (Fsp3) is 0.600. The van der Waals surface area contributed by atoms with Crippen LogP contribution in [0.1, 0.15) is 52.1 Å². The van der Waals surface area contributed by atoms with Crippen LogP contribution in [0, 0.1) is 5.92 Å². The zero-order valence-corrected chi connectivity index (χ0v) is 12.9. The van der Waals surface area contributed by atoms with Crippen LogP contribution in [0.4, 0.5) is 0 Å². The number of hydrogen-bond acceptors (Lipinski definition) is 1. The highest BCUT2D eigenvalue weighted by Crippen LogP contribution is 2.18. The minimum atomic E-state index is 0.422. The van der Waals surface area contributed by atoms with Crippen LogP contribution >= 0.6 is 15.9 Å². The molecular formula is C15H24BrN. The molecule has 0 aliphatic rings. The molecule has 2 heteroatoms. The van der Waals surface area contributed by atoms with Crippen LogP contribution in [0.25, 0.3) is 0 Å². The van der Waals surface area contributed by atoms with E-state index in [1.807, 2.05) is 0 Å². The average Bonchev–Trinajstić information content (AvgIpc) is 2.27. The number of nitrogens with one attached hydrogen (secondary N) is 1. The average molecular weight is 298 g/mol. The highest BCUT2D eigenvalue weighted by atomic mass is 79.9. The van der Waals surface area contributed by atoms with Crippen molar-refractivity contribution in [2.45, 2.75) is 52.6 Å². The monoisotopic (exact) mass is 297 g/mol. The van der Waals surface area contributed by atoms with E-state index < -0.39 is 0 Å². The van der Waals surface area contributed by atoms with Crippen molar-refractivity contribution in [1.29, 1.82) is 0 Å². The third-order valence-electron chi connectivity index (χ3n) is 3.08. The van der Waals surface area contributed by atoms with E-state index in [4.69, 9.17) is 0 Å². The second kappa shape index (κ2) is 7.17. The minimum Gasteiger partial charge on any atom is -0.308 e. The van der Waals surface area contributed by atoms with Crippen LogP contribution in [-0.4, -0.2) is 6.04 Å². The van der Waals surface area contributed by atoms with E-state index in [2.05, 4.69) is 73.2 Å². The van der Waals surface area contributed by atoms with E-state index >= 15 is 0 Å². The highest BCUT2D eigenvalue weighted by Gasteiger charge is 2.09. The van der Waals surface area contributed by atoms with Crippen LogP contribution in [0.2, 0.25) is 0 Å². The van der Waals surface area contributed by atoms with Crippen molar-refractivity contribution in [3.8, 4) is 0 Å². The van der Waals surface area contributed by atoms with Crippen LogP contribution in [0.15, 0.2) is 28.7 Å². The molecule has 1 N–H and O–H groups in total. The Hall–Kier alpha value is -0.340.